The Morgan fingerprint density at radius 1 is 1.38 bits per heavy atom. The fraction of sp³-hybridized carbons (Fsp3) is 0.545. The van der Waals surface area contributed by atoms with E-state index in [1.54, 1.807) is 0 Å². The number of hydrogen-bond donors (Lipinski definition) is 0. The van der Waals surface area contributed by atoms with Crippen LogP contribution in [0.1, 0.15) is 33.4 Å². The van der Waals surface area contributed by atoms with E-state index in [1.165, 1.54) is 0 Å². The van der Waals surface area contributed by atoms with E-state index in [2.05, 4.69) is 25.8 Å². The third-order valence-electron chi connectivity index (χ3n) is 1.78. The predicted molar refractivity (Wildman–Crippen MR) is 54.1 cm³/mol. The van der Waals surface area contributed by atoms with E-state index in [4.69, 9.17) is 4.74 Å². The van der Waals surface area contributed by atoms with Crippen molar-refractivity contribution in [1.82, 2.24) is 4.98 Å². The summed E-state index contributed by atoms with van der Waals surface area (Å²) < 4.78 is 5.50. The number of hydrogen-bond acceptors (Lipinski definition) is 2. The summed E-state index contributed by atoms with van der Waals surface area (Å²) in [4.78, 5) is 4.34. The van der Waals surface area contributed by atoms with Gasteiger partial charge in [-0.3, -0.25) is 4.98 Å². The Kier molecular flexibility index (Phi) is 2.91. The third kappa shape index (κ3) is 2.44. The molecule has 0 atom stereocenters. The second kappa shape index (κ2) is 3.77. The molecule has 0 aliphatic heterocycles. The van der Waals surface area contributed by atoms with Crippen LogP contribution in [-0.4, -0.2) is 11.6 Å². The van der Waals surface area contributed by atoms with Gasteiger partial charge in [0.15, 0.2) is 0 Å². The summed E-state index contributed by atoms with van der Waals surface area (Å²) in [5, 5.41) is 0. The summed E-state index contributed by atoms with van der Waals surface area (Å²) in [6, 6.07) is 3.87. The topological polar surface area (TPSA) is 22.1 Å². The highest BCUT2D eigenvalue weighted by atomic mass is 16.5. The molecule has 0 bridgehead atoms. The van der Waals surface area contributed by atoms with Crippen molar-refractivity contribution in [3.8, 4) is 5.75 Å². The number of rotatable bonds is 2. The van der Waals surface area contributed by atoms with Gasteiger partial charge in [-0.2, -0.15) is 0 Å². The minimum absolute atomic E-state index is 0.0474. The lowest BCUT2D eigenvalue weighted by molar-refractivity contribution is 0.326. The number of ether oxygens (including phenoxy) is 1. The molecule has 1 aromatic rings. The van der Waals surface area contributed by atoms with Crippen molar-refractivity contribution in [2.24, 2.45) is 0 Å². The largest absolute Gasteiger partial charge is 0.492 e. The van der Waals surface area contributed by atoms with Crippen LogP contribution < -0.4 is 4.74 Å². The van der Waals surface area contributed by atoms with Crippen molar-refractivity contribution >= 4 is 0 Å². The summed E-state index contributed by atoms with van der Waals surface area (Å²) in [5.74, 6) is 0.900. The summed E-state index contributed by atoms with van der Waals surface area (Å²) in [5.41, 5.74) is 1.07. The monoisotopic (exact) mass is 179 g/mol. The van der Waals surface area contributed by atoms with Crippen LogP contribution in [0.3, 0.4) is 0 Å². The first-order chi connectivity index (χ1) is 6.05. The Labute approximate surface area is 80.0 Å². The molecule has 0 unspecified atom stereocenters. The highest BCUT2D eigenvalue weighted by Crippen LogP contribution is 2.28. The van der Waals surface area contributed by atoms with Gasteiger partial charge < -0.3 is 4.74 Å². The Bertz CT molecular complexity index is 276. The molecule has 0 saturated carbocycles. The summed E-state index contributed by atoms with van der Waals surface area (Å²) in [6.07, 6.45) is 1.81. The minimum Gasteiger partial charge on any atom is -0.492 e. The maximum Gasteiger partial charge on any atom is 0.141 e. The van der Waals surface area contributed by atoms with E-state index < -0.39 is 0 Å². The molecule has 0 N–H and O–H groups in total. The van der Waals surface area contributed by atoms with E-state index in [9.17, 15) is 0 Å². The van der Waals surface area contributed by atoms with Gasteiger partial charge in [0, 0.05) is 11.6 Å². The van der Waals surface area contributed by atoms with Gasteiger partial charge in [-0.25, -0.2) is 0 Å². The van der Waals surface area contributed by atoms with Crippen molar-refractivity contribution in [3.05, 3.63) is 24.0 Å². The minimum atomic E-state index is 0.0474. The highest BCUT2D eigenvalue weighted by molar-refractivity contribution is 5.31. The van der Waals surface area contributed by atoms with Gasteiger partial charge in [-0.15, -0.1) is 0 Å². The molecule has 1 aromatic heterocycles. The molecule has 0 aliphatic rings. The molecule has 2 nitrogen and oxygen atoms in total. The quantitative estimate of drug-likeness (QED) is 0.696. The van der Waals surface area contributed by atoms with Crippen LogP contribution in [0.15, 0.2) is 18.3 Å². The zero-order chi connectivity index (χ0) is 9.90. The zero-order valence-electron chi connectivity index (χ0n) is 8.79. The van der Waals surface area contributed by atoms with Crippen LogP contribution >= 0.6 is 0 Å². The van der Waals surface area contributed by atoms with Crippen molar-refractivity contribution in [2.75, 3.05) is 6.61 Å². The number of nitrogens with zero attached hydrogens (tertiary/aromatic N) is 1. The van der Waals surface area contributed by atoms with E-state index in [-0.39, 0.29) is 5.41 Å². The second-order valence-electron chi connectivity index (χ2n) is 4.03. The molecule has 0 spiro atoms. The fourth-order valence-electron chi connectivity index (χ4n) is 1.23. The lowest BCUT2D eigenvalue weighted by atomic mass is 9.91. The van der Waals surface area contributed by atoms with Crippen LogP contribution in [0.25, 0.3) is 0 Å². The highest BCUT2D eigenvalue weighted by Gasteiger charge is 2.19. The Morgan fingerprint density at radius 3 is 2.62 bits per heavy atom. The molecule has 0 amide bonds. The maximum absolute atomic E-state index is 5.50. The first kappa shape index (κ1) is 10.0. The average molecular weight is 179 g/mol. The summed E-state index contributed by atoms with van der Waals surface area (Å²) >= 11 is 0. The predicted octanol–water partition coefficient (Wildman–Crippen LogP) is 2.78. The van der Waals surface area contributed by atoms with Crippen LogP contribution in [0.4, 0.5) is 0 Å². The molecular weight excluding hydrogens is 162 g/mol. The van der Waals surface area contributed by atoms with Gasteiger partial charge in [-0.05, 0) is 19.1 Å². The van der Waals surface area contributed by atoms with Crippen LogP contribution in [0.2, 0.25) is 0 Å². The molecule has 13 heavy (non-hydrogen) atoms. The van der Waals surface area contributed by atoms with Crippen LogP contribution in [-0.2, 0) is 5.41 Å². The number of aromatic nitrogens is 1. The van der Waals surface area contributed by atoms with Gasteiger partial charge in [0.1, 0.15) is 5.75 Å². The molecule has 0 fully saturated rings. The molecule has 1 rings (SSSR count). The van der Waals surface area contributed by atoms with Gasteiger partial charge in [0.05, 0.1) is 12.3 Å². The molecule has 0 radical (unpaired) electrons. The van der Waals surface area contributed by atoms with Crippen molar-refractivity contribution in [1.29, 1.82) is 0 Å². The molecule has 0 saturated heterocycles. The van der Waals surface area contributed by atoms with E-state index in [1.807, 2.05) is 25.3 Å². The third-order valence-corrected chi connectivity index (χ3v) is 1.78. The summed E-state index contributed by atoms with van der Waals surface area (Å²) in [6.45, 7) is 9.09. The lowest BCUT2D eigenvalue weighted by Gasteiger charge is -2.20. The molecule has 2 heteroatoms. The normalized spacial score (nSPS) is 11.4. The van der Waals surface area contributed by atoms with Gasteiger partial charge in [0.2, 0.25) is 0 Å². The first-order valence-electron chi connectivity index (χ1n) is 4.64. The van der Waals surface area contributed by atoms with Crippen molar-refractivity contribution in [3.63, 3.8) is 0 Å². The van der Waals surface area contributed by atoms with Gasteiger partial charge >= 0.3 is 0 Å². The van der Waals surface area contributed by atoms with Gasteiger partial charge in [-0.1, -0.05) is 20.8 Å². The Hall–Kier alpha value is -1.05. The standard InChI is InChI=1S/C11H17NO/c1-5-13-9-7-6-8-12-10(9)11(2,3)4/h6-8H,5H2,1-4H3. The lowest BCUT2D eigenvalue weighted by Crippen LogP contribution is -2.15. The van der Waals surface area contributed by atoms with E-state index in [0.29, 0.717) is 6.61 Å². The van der Waals surface area contributed by atoms with Gasteiger partial charge in [0.25, 0.3) is 0 Å². The fourth-order valence-corrected chi connectivity index (χ4v) is 1.23. The second-order valence-corrected chi connectivity index (χ2v) is 4.03. The SMILES string of the molecule is CCOc1cccnc1C(C)(C)C. The average Bonchev–Trinajstić information content (AvgIpc) is 2.04. The van der Waals surface area contributed by atoms with E-state index in [0.717, 1.165) is 11.4 Å². The Morgan fingerprint density at radius 2 is 2.08 bits per heavy atom. The molecule has 0 aromatic carbocycles. The van der Waals surface area contributed by atoms with Crippen LogP contribution in [0, 0.1) is 0 Å². The van der Waals surface area contributed by atoms with Crippen molar-refractivity contribution < 1.29 is 4.74 Å². The maximum atomic E-state index is 5.50. The summed E-state index contributed by atoms with van der Waals surface area (Å²) in [7, 11) is 0. The van der Waals surface area contributed by atoms with Crippen LogP contribution in [0.5, 0.6) is 5.75 Å². The van der Waals surface area contributed by atoms with Crippen molar-refractivity contribution in [2.45, 2.75) is 33.1 Å². The van der Waals surface area contributed by atoms with E-state index >= 15 is 0 Å². The first-order valence-corrected chi connectivity index (χ1v) is 4.64. The Balaban J connectivity index is 3.05. The zero-order valence-corrected chi connectivity index (χ0v) is 8.79. The molecule has 1 heterocycles. The molecular formula is C11H17NO. The number of pyridine rings is 1. The molecule has 0 aliphatic carbocycles. The molecule has 72 valence electrons. The smallest absolute Gasteiger partial charge is 0.141 e.